The quantitative estimate of drug-likeness (QED) is 0.724. The van der Waals surface area contributed by atoms with Gasteiger partial charge in [-0.05, 0) is 12.8 Å². The summed E-state index contributed by atoms with van der Waals surface area (Å²) < 4.78 is 34.8. The van der Waals surface area contributed by atoms with Crippen molar-refractivity contribution in [1.29, 1.82) is 0 Å². The van der Waals surface area contributed by atoms with Gasteiger partial charge in [-0.1, -0.05) is 0 Å². The highest BCUT2D eigenvalue weighted by Gasteiger charge is 2.49. The Bertz CT molecular complexity index is 315. The van der Waals surface area contributed by atoms with Gasteiger partial charge in [0, 0.05) is 6.26 Å². The molecule has 0 saturated heterocycles. The van der Waals surface area contributed by atoms with Crippen molar-refractivity contribution in [3.63, 3.8) is 0 Å². The molecule has 0 amide bonds. The van der Waals surface area contributed by atoms with E-state index in [1.54, 1.807) is 0 Å². The fourth-order valence-corrected chi connectivity index (χ4v) is 2.76. The Hall–Kier alpha value is -0.650. The van der Waals surface area contributed by atoms with Crippen LogP contribution in [0.3, 0.4) is 0 Å². The molecule has 0 aromatic carbocycles. The minimum Gasteiger partial charge on any atom is -0.481 e. The lowest BCUT2D eigenvalue weighted by Gasteiger charge is -2.38. The lowest BCUT2D eigenvalue weighted by Crippen LogP contribution is -2.47. The van der Waals surface area contributed by atoms with Crippen LogP contribution in [0.5, 0.6) is 0 Å². The Kier molecular flexibility index (Phi) is 2.36. The van der Waals surface area contributed by atoms with E-state index in [2.05, 4.69) is 0 Å². The minimum absolute atomic E-state index is 0.185. The predicted octanol–water partition coefficient (Wildman–Crippen LogP) is 0.234. The molecule has 0 spiro atoms. The molecule has 1 saturated carbocycles. The number of halogens is 1. The standard InChI is InChI=1S/C7H11FO4S/c1-13(11,12)4-7(8)2-5(3-7)6(9)10/h5H,2-4H2,1H3,(H,9,10). The van der Waals surface area contributed by atoms with Crippen LogP contribution in [0.15, 0.2) is 0 Å². The highest BCUT2D eigenvalue weighted by atomic mass is 32.2. The summed E-state index contributed by atoms with van der Waals surface area (Å²) in [5, 5.41) is 8.45. The zero-order valence-electron chi connectivity index (χ0n) is 7.16. The molecule has 0 bridgehead atoms. The number of carboxylic acid groups (broad SMARTS) is 1. The van der Waals surface area contributed by atoms with Crippen molar-refractivity contribution in [2.24, 2.45) is 5.92 Å². The number of carbonyl (C=O) groups is 1. The summed E-state index contributed by atoms with van der Waals surface area (Å²) >= 11 is 0. The minimum atomic E-state index is -3.36. The van der Waals surface area contributed by atoms with Crippen LogP contribution in [-0.4, -0.2) is 37.2 Å². The van der Waals surface area contributed by atoms with Crippen LogP contribution in [0.4, 0.5) is 4.39 Å². The van der Waals surface area contributed by atoms with Crippen molar-refractivity contribution in [2.45, 2.75) is 18.5 Å². The van der Waals surface area contributed by atoms with E-state index in [0.717, 1.165) is 6.26 Å². The maximum Gasteiger partial charge on any atom is 0.306 e. The monoisotopic (exact) mass is 210 g/mol. The van der Waals surface area contributed by atoms with Gasteiger partial charge in [-0.2, -0.15) is 0 Å². The van der Waals surface area contributed by atoms with Crippen LogP contribution in [0.2, 0.25) is 0 Å². The summed E-state index contributed by atoms with van der Waals surface area (Å²) in [5.41, 5.74) is -1.81. The van der Waals surface area contributed by atoms with E-state index < -0.39 is 33.1 Å². The first-order chi connectivity index (χ1) is 5.72. The van der Waals surface area contributed by atoms with Crippen LogP contribution in [0.1, 0.15) is 12.8 Å². The first-order valence-corrected chi connectivity index (χ1v) is 5.87. The number of hydrogen-bond acceptors (Lipinski definition) is 3. The van der Waals surface area contributed by atoms with Crippen LogP contribution >= 0.6 is 0 Å². The van der Waals surface area contributed by atoms with Gasteiger partial charge < -0.3 is 5.11 Å². The molecule has 1 aliphatic rings. The number of aliphatic carboxylic acids is 1. The first-order valence-electron chi connectivity index (χ1n) is 3.81. The maximum atomic E-state index is 13.4. The van der Waals surface area contributed by atoms with Crippen LogP contribution in [0, 0.1) is 5.92 Å². The SMILES string of the molecule is CS(=O)(=O)CC1(F)CC(C(=O)O)C1. The lowest BCUT2D eigenvalue weighted by atomic mass is 9.73. The Morgan fingerprint density at radius 1 is 1.62 bits per heavy atom. The van der Waals surface area contributed by atoms with Gasteiger partial charge in [-0.15, -0.1) is 0 Å². The van der Waals surface area contributed by atoms with E-state index >= 15 is 0 Å². The predicted molar refractivity (Wildman–Crippen MR) is 43.9 cm³/mol. The zero-order valence-corrected chi connectivity index (χ0v) is 7.97. The van der Waals surface area contributed by atoms with Gasteiger partial charge in [0.05, 0.1) is 11.7 Å². The molecule has 1 fully saturated rings. The Morgan fingerprint density at radius 2 is 2.08 bits per heavy atom. The number of sulfone groups is 1. The fraction of sp³-hybridized carbons (Fsp3) is 0.857. The van der Waals surface area contributed by atoms with Crippen molar-refractivity contribution in [3.05, 3.63) is 0 Å². The molecule has 6 heteroatoms. The number of alkyl halides is 1. The van der Waals surface area contributed by atoms with Gasteiger partial charge >= 0.3 is 5.97 Å². The Morgan fingerprint density at radius 3 is 2.38 bits per heavy atom. The summed E-state index contributed by atoms with van der Waals surface area (Å²) in [6, 6.07) is 0. The van der Waals surface area contributed by atoms with Crippen LogP contribution < -0.4 is 0 Å². The Balaban J connectivity index is 2.52. The van der Waals surface area contributed by atoms with Crippen molar-refractivity contribution in [2.75, 3.05) is 12.0 Å². The third-order valence-corrected chi connectivity index (χ3v) is 3.14. The number of rotatable bonds is 3. The molecule has 76 valence electrons. The average molecular weight is 210 g/mol. The third kappa shape index (κ3) is 2.65. The van der Waals surface area contributed by atoms with Crippen molar-refractivity contribution >= 4 is 15.8 Å². The molecule has 1 rings (SSSR count). The summed E-state index contributed by atoms with van der Waals surface area (Å²) in [5.74, 6) is -2.34. The van der Waals surface area contributed by atoms with E-state index in [0.29, 0.717) is 0 Å². The van der Waals surface area contributed by atoms with E-state index in [1.807, 2.05) is 0 Å². The van der Waals surface area contributed by atoms with E-state index in [1.165, 1.54) is 0 Å². The largest absolute Gasteiger partial charge is 0.481 e. The van der Waals surface area contributed by atoms with Crippen molar-refractivity contribution < 1.29 is 22.7 Å². The molecular formula is C7H11FO4S. The average Bonchev–Trinajstić information content (AvgIpc) is 1.77. The van der Waals surface area contributed by atoms with Gasteiger partial charge in [-0.25, -0.2) is 12.8 Å². The zero-order chi connectivity index (χ0) is 10.3. The summed E-state index contributed by atoms with van der Waals surface area (Å²) in [6.07, 6.45) is 0.577. The lowest BCUT2D eigenvalue weighted by molar-refractivity contribution is -0.150. The van der Waals surface area contributed by atoms with Gasteiger partial charge in [0.15, 0.2) is 9.84 Å². The molecule has 0 aromatic heterocycles. The summed E-state index contributed by atoms with van der Waals surface area (Å²) in [4.78, 5) is 10.3. The smallest absolute Gasteiger partial charge is 0.306 e. The summed E-state index contributed by atoms with van der Waals surface area (Å²) in [6.45, 7) is 0. The molecular weight excluding hydrogens is 199 g/mol. The first kappa shape index (κ1) is 10.4. The van der Waals surface area contributed by atoms with E-state index in [-0.39, 0.29) is 12.8 Å². The molecule has 1 aliphatic carbocycles. The van der Waals surface area contributed by atoms with Gasteiger partial charge in [0.2, 0.25) is 0 Å². The molecule has 1 N–H and O–H groups in total. The van der Waals surface area contributed by atoms with Gasteiger partial charge in [0.1, 0.15) is 5.67 Å². The van der Waals surface area contributed by atoms with Gasteiger partial charge in [0.25, 0.3) is 0 Å². The second-order valence-electron chi connectivity index (χ2n) is 3.66. The van der Waals surface area contributed by atoms with E-state index in [9.17, 15) is 17.6 Å². The van der Waals surface area contributed by atoms with Crippen molar-refractivity contribution in [1.82, 2.24) is 0 Å². The normalized spacial score (nSPS) is 33.8. The van der Waals surface area contributed by atoms with Gasteiger partial charge in [-0.3, -0.25) is 4.79 Å². The fourth-order valence-electron chi connectivity index (χ4n) is 1.59. The molecule has 0 radical (unpaired) electrons. The second kappa shape index (κ2) is 2.94. The molecule has 13 heavy (non-hydrogen) atoms. The molecule has 0 unspecified atom stereocenters. The molecule has 0 heterocycles. The molecule has 4 nitrogen and oxygen atoms in total. The summed E-state index contributed by atoms with van der Waals surface area (Å²) in [7, 11) is -3.36. The highest BCUT2D eigenvalue weighted by Crippen LogP contribution is 2.42. The van der Waals surface area contributed by atoms with Crippen LogP contribution in [0.25, 0.3) is 0 Å². The van der Waals surface area contributed by atoms with E-state index in [4.69, 9.17) is 5.11 Å². The highest BCUT2D eigenvalue weighted by molar-refractivity contribution is 7.90. The molecule has 0 aliphatic heterocycles. The van der Waals surface area contributed by atoms with Crippen molar-refractivity contribution in [3.8, 4) is 0 Å². The topological polar surface area (TPSA) is 71.4 Å². The number of carboxylic acids is 1. The van der Waals surface area contributed by atoms with Crippen LogP contribution in [-0.2, 0) is 14.6 Å². The Labute approximate surface area is 75.7 Å². The molecule has 0 atom stereocenters. The third-order valence-electron chi connectivity index (χ3n) is 2.09. The maximum absolute atomic E-state index is 13.4. The second-order valence-corrected chi connectivity index (χ2v) is 5.80. The molecule has 0 aromatic rings. The number of hydrogen-bond donors (Lipinski definition) is 1.